The molecule has 0 fully saturated rings. The molecule has 2 aromatic carbocycles. The van der Waals surface area contributed by atoms with Crippen LogP contribution in [0.3, 0.4) is 0 Å². The number of hydrogen-bond donors (Lipinski definition) is 1. The van der Waals surface area contributed by atoms with Gasteiger partial charge in [-0.1, -0.05) is 23.7 Å². The number of amides is 2. The van der Waals surface area contributed by atoms with Gasteiger partial charge in [-0.3, -0.25) is 9.59 Å². The largest absolute Gasteiger partial charge is 0.326 e. The quantitative estimate of drug-likeness (QED) is 0.535. The van der Waals surface area contributed by atoms with Crippen molar-refractivity contribution in [2.24, 2.45) is 0 Å². The Hall–Kier alpha value is -3.71. The second-order valence-corrected chi connectivity index (χ2v) is 7.17. The first kappa shape index (κ1) is 19.6. The Bertz CT molecular complexity index is 1230. The number of aromatic nitrogens is 3. The Morgan fingerprint density at radius 2 is 1.70 bits per heavy atom. The normalized spacial score (nSPS) is 10.8. The molecule has 2 aromatic heterocycles. The minimum Gasteiger partial charge on any atom is -0.326 e. The van der Waals surface area contributed by atoms with E-state index in [1.165, 1.54) is 11.8 Å². The molecule has 0 spiro atoms. The van der Waals surface area contributed by atoms with Gasteiger partial charge in [-0.15, -0.1) is 0 Å². The van der Waals surface area contributed by atoms with Gasteiger partial charge < -0.3 is 10.2 Å². The van der Waals surface area contributed by atoms with E-state index in [-0.39, 0.29) is 17.5 Å². The fourth-order valence-electron chi connectivity index (χ4n) is 3.07. The van der Waals surface area contributed by atoms with Crippen LogP contribution in [-0.4, -0.2) is 33.5 Å². The molecule has 0 aliphatic heterocycles. The maximum atomic E-state index is 12.9. The smallest absolute Gasteiger partial charge is 0.278 e. The summed E-state index contributed by atoms with van der Waals surface area (Å²) in [5, 5.41) is 7.85. The van der Waals surface area contributed by atoms with Crippen molar-refractivity contribution >= 4 is 40.4 Å². The van der Waals surface area contributed by atoms with Gasteiger partial charge in [-0.25, -0.2) is 9.50 Å². The third-order valence-corrected chi connectivity index (χ3v) is 4.85. The Labute approximate surface area is 177 Å². The number of halogens is 1. The number of nitrogens with zero attached hydrogens (tertiary/aromatic N) is 4. The van der Waals surface area contributed by atoms with Crippen LogP contribution >= 0.6 is 11.6 Å². The number of imidazole rings is 1. The molecule has 0 atom stereocenters. The summed E-state index contributed by atoms with van der Waals surface area (Å²) >= 11 is 5.93. The van der Waals surface area contributed by atoms with E-state index in [9.17, 15) is 9.59 Å². The molecule has 1 N–H and O–H groups in total. The van der Waals surface area contributed by atoms with Gasteiger partial charge in [0.05, 0.1) is 11.9 Å². The third-order valence-electron chi connectivity index (χ3n) is 4.60. The monoisotopic (exact) mass is 419 g/mol. The average molecular weight is 420 g/mol. The van der Waals surface area contributed by atoms with Crippen molar-refractivity contribution in [2.75, 3.05) is 17.3 Å². The van der Waals surface area contributed by atoms with Crippen molar-refractivity contribution in [3.63, 3.8) is 0 Å². The zero-order valence-electron chi connectivity index (χ0n) is 16.3. The first-order chi connectivity index (χ1) is 14.4. The van der Waals surface area contributed by atoms with E-state index in [1.54, 1.807) is 66.3 Å². The van der Waals surface area contributed by atoms with Crippen LogP contribution in [0.25, 0.3) is 16.9 Å². The molecule has 2 heterocycles. The molecule has 4 aromatic rings. The van der Waals surface area contributed by atoms with Gasteiger partial charge in [0.1, 0.15) is 5.69 Å². The van der Waals surface area contributed by atoms with Gasteiger partial charge in [0.25, 0.3) is 5.91 Å². The molecule has 0 aliphatic carbocycles. The average Bonchev–Trinajstić information content (AvgIpc) is 3.16. The highest BCUT2D eigenvalue weighted by molar-refractivity contribution is 6.30. The van der Waals surface area contributed by atoms with Crippen LogP contribution in [0.1, 0.15) is 17.4 Å². The summed E-state index contributed by atoms with van der Waals surface area (Å²) in [6, 6.07) is 17.8. The van der Waals surface area contributed by atoms with Crippen LogP contribution in [0, 0.1) is 0 Å². The maximum Gasteiger partial charge on any atom is 0.278 e. The molecule has 30 heavy (non-hydrogen) atoms. The highest BCUT2D eigenvalue weighted by Crippen LogP contribution is 2.23. The summed E-state index contributed by atoms with van der Waals surface area (Å²) in [5.41, 5.74) is 3.93. The van der Waals surface area contributed by atoms with Gasteiger partial charge in [-0.05, 0) is 48.5 Å². The Kier molecular flexibility index (Phi) is 5.20. The van der Waals surface area contributed by atoms with Gasteiger partial charge >= 0.3 is 0 Å². The number of carbonyl (C=O) groups is 2. The maximum absolute atomic E-state index is 12.9. The van der Waals surface area contributed by atoms with Crippen LogP contribution in [-0.2, 0) is 4.79 Å². The van der Waals surface area contributed by atoms with Gasteiger partial charge in [0.2, 0.25) is 5.91 Å². The number of carbonyl (C=O) groups excluding carboxylic acids is 2. The molecule has 0 bridgehead atoms. The molecular formula is C22H18ClN5O2. The van der Waals surface area contributed by atoms with Crippen LogP contribution in [0.15, 0.2) is 66.9 Å². The second-order valence-electron chi connectivity index (χ2n) is 6.73. The second kappa shape index (κ2) is 7.96. The predicted molar refractivity (Wildman–Crippen MR) is 117 cm³/mol. The van der Waals surface area contributed by atoms with Crippen LogP contribution in [0.4, 0.5) is 11.4 Å². The highest BCUT2D eigenvalue weighted by atomic mass is 35.5. The molecule has 7 nitrogen and oxygen atoms in total. The summed E-state index contributed by atoms with van der Waals surface area (Å²) in [4.78, 5) is 30.0. The topological polar surface area (TPSA) is 79.6 Å². The highest BCUT2D eigenvalue weighted by Gasteiger charge is 2.17. The molecule has 4 rings (SSSR count). The summed E-state index contributed by atoms with van der Waals surface area (Å²) in [5.74, 6) is -0.382. The molecule has 0 radical (unpaired) electrons. The minimum atomic E-state index is -0.250. The van der Waals surface area contributed by atoms with Crippen LogP contribution in [0.5, 0.6) is 0 Å². The van der Waals surface area contributed by atoms with Crippen molar-refractivity contribution in [2.45, 2.75) is 6.92 Å². The molecule has 2 amide bonds. The molecule has 0 unspecified atom stereocenters. The molecular weight excluding hydrogens is 402 g/mol. The van der Waals surface area contributed by atoms with Crippen LogP contribution < -0.4 is 10.2 Å². The summed E-state index contributed by atoms with van der Waals surface area (Å²) in [7, 11) is 1.69. The van der Waals surface area contributed by atoms with E-state index >= 15 is 0 Å². The van der Waals surface area contributed by atoms with E-state index in [2.05, 4.69) is 15.4 Å². The fourth-order valence-corrected chi connectivity index (χ4v) is 3.19. The van der Waals surface area contributed by atoms with E-state index in [0.717, 1.165) is 11.3 Å². The summed E-state index contributed by atoms with van der Waals surface area (Å²) in [6.07, 6.45) is 1.70. The van der Waals surface area contributed by atoms with Gasteiger partial charge in [0, 0.05) is 35.9 Å². The third kappa shape index (κ3) is 3.88. The number of rotatable bonds is 4. The zero-order valence-corrected chi connectivity index (χ0v) is 17.1. The summed E-state index contributed by atoms with van der Waals surface area (Å²) in [6.45, 7) is 1.46. The number of nitrogens with one attached hydrogen (secondary N) is 1. The first-order valence-electron chi connectivity index (χ1n) is 9.19. The van der Waals surface area contributed by atoms with Crippen molar-refractivity contribution < 1.29 is 9.59 Å². The standard InChI is InChI=1S/C22H18ClN5O2/c1-14(29)25-17-7-3-15(4-8-17)20-13-24-21-12-11-19(26-28(20)21)22(30)27(2)18-9-5-16(23)6-10-18/h3-13H,1-2H3,(H,25,29). The Morgan fingerprint density at radius 3 is 2.37 bits per heavy atom. The number of benzene rings is 2. The Balaban J connectivity index is 1.66. The first-order valence-corrected chi connectivity index (χ1v) is 9.56. The van der Waals surface area contributed by atoms with E-state index in [4.69, 9.17) is 11.6 Å². The van der Waals surface area contributed by atoms with Gasteiger partial charge in [-0.2, -0.15) is 5.10 Å². The van der Waals surface area contributed by atoms with Gasteiger partial charge in [0.15, 0.2) is 5.65 Å². The minimum absolute atomic E-state index is 0.132. The van der Waals surface area contributed by atoms with Crippen LogP contribution in [0.2, 0.25) is 5.02 Å². The molecule has 8 heteroatoms. The Morgan fingerprint density at radius 1 is 1.00 bits per heavy atom. The SMILES string of the molecule is CC(=O)Nc1ccc(-c2cnc3ccc(C(=O)N(C)c4ccc(Cl)cc4)nn23)cc1. The number of anilines is 2. The lowest BCUT2D eigenvalue weighted by Crippen LogP contribution is -2.27. The van der Waals surface area contributed by atoms with Crippen molar-refractivity contribution in [3.05, 3.63) is 77.6 Å². The number of fused-ring (bicyclic) bond motifs is 1. The van der Waals surface area contributed by atoms with Crippen molar-refractivity contribution in [3.8, 4) is 11.3 Å². The lowest BCUT2D eigenvalue weighted by atomic mass is 10.1. The van der Waals surface area contributed by atoms with E-state index < -0.39 is 0 Å². The van der Waals surface area contributed by atoms with Crippen molar-refractivity contribution in [1.82, 2.24) is 14.6 Å². The van der Waals surface area contributed by atoms with Crippen molar-refractivity contribution in [1.29, 1.82) is 0 Å². The zero-order chi connectivity index (χ0) is 21.3. The van der Waals surface area contributed by atoms with E-state index in [1.807, 2.05) is 12.1 Å². The molecule has 150 valence electrons. The predicted octanol–water partition coefficient (Wildman–Crippen LogP) is 4.28. The fraction of sp³-hybridized carbons (Fsp3) is 0.0909. The molecule has 0 saturated carbocycles. The molecule has 0 aliphatic rings. The summed E-state index contributed by atoms with van der Waals surface area (Å²) < 4.78 is 1.64. The molecule has 0 saturated heterocycles. The lowest BCUT2D eigenvalue weighted by Gasteiger charge is -2.17. The lowest BCUT2D eigenvalue weighted by molar-refractivity contribution is -0.114. The van der Waals surface area contributed by atoms with E-state index in [0.29, 0.717) is 22.0 Å². The number of hydrogen-bond acceptors (Lipinski definition) is 4.